The van der Waals surface area contributed by atoms with E-state index in [1.54, 1.807) is 0 Å². The highest BCUT2D eigenvalue weighted by Crippen LogP contribution is 2.29. The molecule has 0 saturated heterocycles. The number of alkyl halides is 3. The molecule has 0 aliphatic heterocycles. The monoisotopic (exact) mass is 320 g/mol. The second-order valence-electron chi connectivity index (χ2n) is 3.72. The van der Waals surface area contributed by atoms with Crippen LogP contribution in [0.2, 0.25) is 10.2 Å². The Bertz CT molecular complexity index is 657. The molecule has 2 rings (SSSR count). The Morgan fingerprint density at radius 1 is 1.10 bits per heavy atom. The lowest BCUT2D eigenvalue weighted by atomic mass is 10.1. The van der Waals surface area contributed by atoms with Crippen molar-refractivity contribution in [2.75, 3.05) is 0 Å². The number of hydrogen-bond acceptors (Lipinski definition) is 3. The molecule has 0 aliphatic carbocycles. The molecule has 104 valence electrons. The Balaban J connectivity index is 2.38. The van der Waals surface area contributed by atoms with Crippen molar-refractivity contribution >= 4 is 29.0 Å². The van der Waals surface area contributed by atoms with E-state index in [0.717, 1.165) is 6.07 Å². The van der Waals surface area contributed by atoms with Crippen molar-refractivity contribution in [2.45, 2.75) is 6.18 Å². The van der Waals surface area contributed by atoms with Gasteiger partial charge < -0.3 is 0 Å². The van der Waals surface area contributed by atoms with Crippen molar-refractivity contribution in [2.24, 2.45) is 0 Å². The number of nitrogens with zero attached hydrogens (tertiary/aromatic N) is 2. The minimum absolute atomic E-state index is 0.0119. The van der Waals surface area contributed by atoms with Gasteiger partial charge in [0, 0.05) is 6.20 Å². The first-order valence-corrected chi connectivity index (χ1v) is 5.94. The fraction of sp³-hybridized carbons (Fsp3) is 0.0833. The normalized spacial score (nSPS) is 11.4. The molecule has 2 aromatic rings. The van der Waals surface area contributed by atoms with E-state index in [0.29, 0.717) is 11.1 Å². The Kier molecular flexibility index (Phi) is 3.96. The number of hydrogen-bond donors (Lipinski definition) is 0. The average Bonchev–Trinajstić information content (AvgIpc) is 2.37. The zero-order valence-electron chi connectivity index (χ0n) is 9.58. The first-order chi connectivity index (χ1) is 9.29. The molecule has 0 amide bonds. The van der Waals surface area contributed by atoms with Crippen molar-refractivity contribution in [3.63, 3.8) is 0 Å². The summed E-state index contributed by atoms with van der Waals surface area (Å²) in [6, 6.07) is 4.44. The fourth-order valence-electron chi connectivity index (χ4n) is 1.41. The molecule has 0 bridgehead atoms. The topological polar surface area (TPSA) is 42.9 Å². The summed E-state index contributed by atoms with van der Waals surface area (Å²) in [7, 11) is 0. The van der Waals surface area contributed by atoms with Crippen molar-refractivity contribution < 1.29 is 18.0 Å². The number of carbonyl (C=O) groups is 1. The third-order valence-electron chi connectivity index (χ3n) is 2.34. The lowest BCUT2D eigenvalue weighted by Gasteiger charge is -2.08. The summed E-state index contributed by atoms with van der Waals surface area (Å²) >= 11 is 11.3. The average molecular weight is 321 g/mol. The molecule has 0 fully saturated rings. The Morgan fingerprint density at radius 2 is 1.80 bits per heavy atom. The molecule has 2 heterocycles. The number of halogens is 5. The van der Waals surface area contributed by atoms with Crippen molar-refractivity contribution in [1.29, 1.82) is 0 Å². The van der Waals surface area contributed by atoms with E-state index in [9.17, 15) is 18.0 Å². The summed E-state index contributed by atoms with van der Waals surface area (Å²) in [6.07, 6.45) is -3.37. The summed E-state index contributed by atoms with van der Waals surface area (Å²) in [6.45, 7) is 0. The van der Waals surface area contributed by atoms with Crippen LogP contribution in [-0.2, 0) is 6.18 Å². The van der Waals surface area contributed by atoms with E-state index in [2.05, 4.69) is 9.97 Å². The number of ketones is 1. The van der Waals surface area contributed by atoms with Gasteiger partial charge in [-0.1, -0.05) is 23.2 Å². The van der Waals surface area contributed by atoms with Crippen LogP contribution in [0.1, 0.15) is 21.7 Å². The Morgan fingerprint density at radius 3 is 2.30 bits per heavy atom. The smallest absolute Gasteiger partial charge is 0.287 e. The largest absolute Gasteiger partial charge is 0.433 e. The fourth-order valence-corrected chi connectivity index (χ4v) is 1.76. The van der Waals surface area contributed by atoms with Crippen LogP contribution in [0.25, 0.3) is 0 Å². The van der Waals surface area contributed by atoms with E-state index >= 15 is 0 Å². The second kappa shape index (κ2) is 5.38. The molecular formula is C12H5Cl2F3N2O. The van der Waals surface area contributed by atoms with E-state index < -0.39 is 22.8 Å². The molecule has 0 atom stereocenters. The van der Waals surface area contributed by atoms with Crippen molar-refractivity contribution in [3.8, 4) is 0 Å². The third-order valence-corrected chi connectivity index (χ3v) is 2.86. The molecule has 0 aliphatic rings. The molecular weight excluding hydrogens is 316 g/mol. The van der Waals surface area contributed by atoms with E-state index in [1.165, 1.54) is 18.3 Å². The summed E-state index contributed by atoms with van der Waals surface area (Å²) in [5.41, 5.74) is -1.31. The van der Waals surface area contributed by atoms with E-state index in [4.69, 9.17) is 23.2 Å². The van der Waals surface area contributed by atoms with E-state index in [-0.39, 0.29) is 11.3 Å². The maximum absolute atomic E-state index is 12.4. The Labute approximate surface area is 121 Å². The van der Waals surface area contributed by atoms with Crippen LogP contribution in [0.5, 0.6) is 0 Å². The van der Waals surface area contributed by atoms with Crippen LogP contribution in [-0.4, -0.2) is 15.8 Å². The van der Waals surface area contributed by atoms with Gasteiger partial charge in [-0.25, -0.2) is 4.98 Å². The highest BCUT2D eigenvalue weighted by atomic mass is 35.5. The molecule has 3 nitrogen and oxygen atoms in total. The van der Waals surface area contributed by atoms with Gasteiger partial charge in [0.25, 0.3) is 0 Å². The predicted molar refractivity (Wildman–Crippen MR) is 66.9 cm³/mol. The maximum Gasteiger partial charge on any atom is 0.433 e. The van der Waals surface area contributed by atoms with Gasteiger partial charge >= 0.3 is 6.18 Å². The number of aromatic nitrogens is 2. The van der Waals surface area contributed by atoms with Crippen LogP contribution >= 0.6 is 23.2 Å². The molecule has 0 aromatic carbocycles. The Hall–Kier alpha value is -1.66. The van der Waals surface area contributed by atoms with Crippen LogP contribution < -0.4 is 0 Å². The van der Waals surface area contributed by atoms with Crippen LogP contribution in [0.4, 0.5) is 13.2 Å². The van der Waals surface area contributed by atoms with Gasteiger partial charge in [-0.2, -0.15) is 13.2 Å². The van der Waals surface area contributed by atoms with Gasteiger partial charge in [0.1, 0.15) is 16.5 Å². The van der Waals surface area contributed by atoms with Gasteiger partial charge in [0.05, 0.1) is 10.6 Å². The number of pyridine rings is 2. The van der Waals surface area contributed by atoms with E-state index in [1.807, 2.05) is 0 Å². The summed E-state index contributed by atoms with van der Waals surface area (Å²) in [5, 5.41) is -0.195. The molecule has 0 radical (unpaired) electrons. The molecule has 0 unspecified atom stereocenters. The zero-order valence-corrected chi connectivity index (χ0v) is 11.1. The quantitative estimate of drug-likeness (QED) is 0.619. The zero-order chi connectivity index (χ0) is 14.9. The van der Waals surface area contributed by atoms with Crippen LogP contribution in [0, 0.1) is 0 Å². The first kappa shape index (κ1) is 14.7. The van der Waals surface area contributed by atoms with Gasteiger partial charge in [0.15, 0.2) is 0 Å². The van der Waals surface area contributed by atoms with Crippen LogP contribution in [0.15, 0.2) is 30.5 Å². The number of carbonyl (C=O) groups excluding carboxylic acids is 1. The highest BCUT2D eigenvalue weighted by molar-refractivity contribution is 6.33. The summed E-state index contributed by atoms with van der Waals surface area (Å²) in [4.78, 5) is 19.0. The maximum atomic E-state index is 12.4. The predicted octanol–water partition coefficient (Wildman–Crippen LogP) is 4.03. The minimum atomic E-state index is -4.62. The lowest BCUT2D eigenvalue weighted by molar-refractivity contribution is -0.141. The molecule has 8 heteroatoms. The number of rotatable bonds is 2. The SMILES string of the molecule is O=C(c1ccc(Cl)cn1)c1ccc(C(F)(F)F)nc1Cl. The molecule has 2 aromatic heterocycles. The highest BCUT2D eigenvalue weighted by Gasteiger charge is 2.33. The molecule has 0 saturated carbocycles. The van der Waals surface area contributed by atoms with Gasteiger partial charge in [0.2, 0.25) is 5.78 Å². The lowest BCUT2D eigenvalue weighted by Crippen LogP contribution is -2.11. The van der Waals surface area contributed by atoms with Crippen molar-refractivity contribution in [3.05, 3.63) is 57.6 Å². The minimum Gasteiger partial charge on any atom is -0.287 e. The van der Waals surface area contributed by atoms with Crippen molar-refractivity contribution in [1.82, 2.24) is 9.97 Å². The molecule has 0 spiro atoms. The van der Waals surface area contributed by atoms with Gasteiger partial charge in [-0.15, -0.1) is 0 Å². The second-order valence-corrected chi connectivity index (χ2v) is 4.52. The molecule has 0 N–H and O–H groups in total. The first-order valence-electron chi connectivity index (χ1n) is 5.19. The standard InChI is InChI=1S/C12H5Cl2F3N2O/c13-6-1-3-8(18-5-6)10(20)7-2-4-9(12(15,16)17)19-11(7)14/h1-5H. The van der Waals surface area contributed by atoms with Crippen LogP contribution in [0.3, 0.4) is 0 Å². The summed E-state index contributed by atoms with van der Waals surface area (Å²) < 4.78 is 37.3. The molecule has 20 heavy (non-hydrogen) atoms. The van der Waals surface area contributed by atoms with Gasteiger partial charge in [-0.05, 0) is 24.3 Å². The third kappa shape index (κ3) is 3.08. The summed E-state index contributed by atoms with van der Waals surface area (Å²) in [5.74, 6) is -0.632. The van der Waals surface area contributed by atoms with Gasteiger partial charge in [-0.3, -0.25) is 9.78 Å².